The van der Waals surface area contributed by atoms with E-state index in [1.165, 1.54) is 6.07 Å². The number of carbonyl (C=O) groups is 1. The van der Waals surface area contributed by atoms with Crippen LogP contribution in [0, 0.1) is 0 Å². The molecular formula is C16H12BN3O4. The third kappa shape index (κ3) is 2.47. The van der Waals surface area contributed by atoms with E-state index in [-0.39, 0.29) is 5.56 Å². The molecule has 4 rings (SSSR count). The molecule has 0 atom stereocenters. The first kappa shape index (κ1) is 14.6. The zero-order valence-corrected chi connectivity index (χ0v) is 12.5. The van der Waals surface area contributed by atoms with Crippen LogP contribution in [-0.2, 0) is 11.3 Å². The Balaban J connectivity index is 1.70. The maximum atomic E-state index is 11.1. The monoisotopic (exact) mass is 321 g/mol. The van der Waals surface area contributed by atoms with Gasteiger partial charge < -0.3 is 14.8 Å². The van der Waals surface area contributed by atoms with Gasteiger partial charge in [0, 0.05) is 5.56 Å². The van der Waals surface area contributed by atoms with Gasteiger partial charge >= 0.3 is 13.1 Å². The van der Waals surface area contributed by atoms with E-state index < -0.39 is 13.1 Å². The Morgan fingerprint density at radius 3 is 2.96 bits per heavy atom. The third-order valence-corrected chi connectivity index (χ3v) is 3.96. The first-order chi connectivity index (χ1) is 11.6. The molecule has 0 fully saturated rings. The topological polar surface area (TPSA) is 97.5 Å². The summed E-state index contributed by atoms with van der Waals surface area (Å²) in [6.45, 7) is 0.390. The number of aromatic carboxylic acids is 1. The number of benzene rings is 2. The van der Waals surface area contributed by atoms with Crippen molar-refractivity contribution in [2.75, 3.05) is 0 Å². The van der Waals surface area contributed by atoms with Crippen LogP contribution >= 0.6 is 0 Å². The average Bonchev–Trinajstić information content (AvgIpc) is 3.22. The lowest BCUT2D eigenvalue weighted by atomic mass is 9.79. The number of aromatic nitrogens is 3. The van der Waals surface area contributed by atoms with Crippen molar-refractivity contribution >= 4 is 18.6 Å². The third-order valence-electron chi connectivity index (χ3n) is 3.96. The molecule has 2 N–H and O–H groups in total. The molecule has 0 bridgehead atoms. The molecule has 118 valence electrons. The molecule has 3 aromatic rings. The predicted molar refractivity (Wildman–Crippen MR) is 86.2 cm³/mol. The van der Waals surface area contributed by atoms with Gasteiger partial charge in [0.15, 0.2) is 0 Å². The summed E-state index contributed by atoms with van der Waals surface area (Å²) in [6, 6.07) is 12.1. The number of hydrogen-bond acceptors (Lipinski definition) is 5. The number of hydrogen-bond donors (Lipinski definition) is 2. The Kier molecular flexibility index (Phi) is 3.40. The highest BCUT2D eigenvalue weighted by Gasteiger charge is 2.27. The minimum absolute atomic E-state index is 0.194. The van der Waals surface area contributed by atoms with E-state index in [0.717, 1.165) is 16.7 Å². The van der Waals surface area contributed by atoms with Crippen LogP contribution in [0.3, 0.4) is 0 Å². The minimum Gasteiger partial charge on any atom is -0.478 e. The molecule has 0 aliphatic carbocycles. The Labute approximate surface area is 137 Å². The Morgan fingerprint density at radius 2 is 2.12 bits per heavy atom. The fourth-order valence-corrected chi connectivity index (χ4v) is 2.68. The van der Waals surface area contributed by atoms with Gasteiger partial charge in [0.1, 0.15) is 5.69 Å². The molecule has 7 nitrogen and oxygen atoms in total. The number of nitrogens with zero attached hydrogens (tertiary/aromatic N) is 3. The van der Waals surface area contributed by atoms with Crippen molar-refractivity contribution in [2.45, 2.75) is 6.61 Å². The molecule has 0 saturated carbocycles. The van der Waals surface area contributed by atoms with Crippen LogP contribution in [0.15, 0.2) is 48.7 Å². The second-order valence-electron chi connectivity index (χ2n) is 5.48. The smallest absolute Gasteiger partial charge is 0.478 e. The highest BCUT2D eigenvalue weighted by Crippen LogP contribution is 2.20. The summed E-state index contributed by atoms with van der Waals surface area (Å²) in [4.78, 5) is 11.1. The Bertz CT molecular complexity index is 941. The van der Waals surface area contributed by atoms with Gasteiger partial charge in [0.2, 0.25) is 0 Å². The van der Waals surface area contributed by atoms with E-state index >= 15 is 0 Å². The van der Waals surface area contributed by atoms with Gasteiger partial charge in [-0.2, -0.15) is 0 Å². The predicted octanol–water partition coefficient (Wildman–Crippen LogP) is 0.850. The van der Waals surface area contributed by atoms with E-state index in [1.54, 1.807) is 35.1 Å². The van der Waals surface area contributed by atoms with Crippen molar-refractivity contribution < 1.29 is 19.6 Å². The summed E-state index contributed by atoms with van der Waals surface area (Å²) in [7, 11) is -0.921. The summed E-state index contributed by atoms with van der Waals surface area (Å²) in [5, 5.41) is 27.1. The molecule has 0 unspecified atom stereocenters. The van der Waals surface area contributed by atoms with Crippen molar-refractivity contribution in [3.05, 3.63) is 59.8 Å². The number of carboxylic acids is 1. The zero-order valence-electron chi connectivity index (χ0n) is 12.5. The molecule has 1 aliphatic heterocycles. The van der Waals surface area contributed by atoms with Gasteiger partial charge in [0.25, 0.3) is 0 Å². The Hall–Kier alpha value is -2.97. The quantitative estimate of drug-likeness (QED) is 0.694. The van der Waals surface area contributed by atoms with Gasteiger partial charge in [-0.3, -0.25) is 0 Å². The average molecular weight is 321 g/mol. The van der Waals surface area contributed by atoms with Gasteiger partial charge in [-0.15, -0.1) is 5.10 Å². The lowest BCUT2D eigenvalue weighted by Gasteiger charge is -2.03. The van der Waals surface area contributed by atoms with Crippen LogP contribution in [0.25, 0.3) is 16.9 Å². The molecule has 24 heavy (non-hydrogen) atoms. The summed E-state index contributed by atoms with van der Waals surface area (Å²) in [5.74, 6) is -0.989. The number of fused-ring (bicyclic) bond motifs is 1. The second kappa shape index (κ2) is 5.59. The molecule has 8 heteroatoms. The molecule has 0 amide bonds. The fourth-order valence-electron chi connectivity index (χ4n) is 2.68. The summed E-state index contributed by atoms with van der Waals surface area (Å²) in [6.07, 6.45) is 1.71. The van der Waals surface area contributed by atoms with E-state index in [1.807, 2.05) is 12.1 Å². The van der Waals surface area contributed by atoms with E-state index in [9.17, 15) is 9.82 Å². The molecule has 0 spiro atoms. The molecule has 0 radical (unpaired) electrons. The van der Waals surface area contributed by atoms with Crippen molar-refractivity contribution in [1.29, 1.82) is 0 Å². The lowest BCUT2D eigenvalue weighted by molar-refractivity contribution is 0.0697. The van der Waals surface area contributed by atoms with E-state index in [2.05, 4.69) is 10.3 Å². The zero-order chi connectivity index (χ0) is 16.7. The van der Waals surface area contributed by atoms with Crippen LogP contribution in [0.4, 0.5) is 0 Å². The molecule has 2 heterocycles. The van der Waals surface area contributed by atoms with Crippen molar-refractivity contribution in [1.82, 2.24) is 15.0 Å². The van der Waals surface area contributed by atoms with Gasteiger partial charge in [-0.25, -0.2) is 9.48 Å². The molecule has 1 aliphatic rings. The normalized spacial score (nSPS) is 13.1. The van der Waals surface area contributed by atoms with Gasteiger partial charge in [-0.1, -0.05) is 23.4 Å². The van der Waals surface area contributed by atoms with E-state index in [0.29, 0.717) is 17.9 Å². The molecule has 2 aromatic carbocycles. The number of carboxylic acid groups (broad SMARTS) is 1. The summed E-state index contributed by atoms with van der Waals surface area (Å²) >= 11 is 0. The summed E-state index contributed by atoms with van der Waals surface area (Å²) in [5.41, 5.74) is 3.84. The standard InChI is InChI=1S/C16H12BN3O4/c21-16(22)11-3-1-2-10(6-11)15-8-20(19-18-15)13-5-4-12-9-24-17(23)14(12)7-13/h1-8,23H,9H2,(H,21,22). The van der Waals surface area contributed by atoms with Crippen molar-refractivity contribution in [2.24, 2.45) is 0 Å². The Morgan fingerprint density at radius 1 is 1.25 bits per heavy atom. The van der Waals surface area contributed by atoms with Crippen LogP contribution < -0.4 is 5.46 Å². The summed E-state index contributed by atoms with van der Waals surface area (Å²) < 4.78 is 6.76. The van der Waals surface area contributed by atoms with Crippen LogP contribution in [0.1, 0.15) is 15.9 Å². The largest absolute Gasteiger partial charge is 0.491 e. The number of rotatable bonds is 3. The van der Waals surface area contributed by atoms with Gasteiger partial charge in [-0.05, 0) is 35.3 Å². The minimum atomic E-state index is -0.989. The SMILES string of the molecule is O=C(O)c1cccc(-c2cn(-c3ccc4c(c3)B(O)OC4)nn2)c1. The van der Waals surface area contributed by atoms with Crippen LogP contribution in [0.5, 0.6) is 0 Å². The highest BCUT2D eigenvalue weighted by molar-refractivity contribution is 6.61. The van der Waals surface area contributed by atoms with Crippen molar-refractivity contribution in [3.63, 3.8) is 0 Å². The first-order valence-electron chi connectivity index (χ1n) is 7.31. The first-order valence-corrected chi connectivity index (χ1v) is 7.31. The van der Waals surface area contributed by atoms with E-state index in [4.69, 9.17) is 9.76 Å². The second-order valence-corrected chi connectivity index (χ2v) is 5.48. The maximum absolute atomic E-state index is 11.1. The fraction of sp³-hybridized carbons (Fsp3) is 0.0625. The highest BCUT2D eigenvalue weighted by atomic mass is 16.5. The molecule has 1 aromatic heterocycles. The lowest BCUT2D eigenvalue weighted by Crippen LogP contribution is -2.28. The molecular weight excluding hydrogens is 309 g/mol. The molecule has 0 saturated heterocycles. The van der Waals surface area contributed by atoms with Gasteiger partial charge in [0.05, 0.1) is 24.1 Å². The maximum Gasteiger partial charge on any atom is 0.491 e. The van der Waals surface area contributed by atoms with Crippen LogP contribution in [0.2, 0.25) is 0 Å². The van der Waals surface area contributed by atoms with Crippen LogP contribution in [-0.4, -0.2) is 38.2 Å². The van der Waals surface area contributed by atoms with Crippen molar-refractivity contribution in [3.8, 4) is 16.9 Å².